The minimum Gasteiger partial charge on any atom is -0.481 e. The molecule has 0 radical (unpaired) electrons. The van der Waals surface area contributed by atoms with Crippen molar-refractivity contribution < 1.29 is 24.2 Å². The van der Waals surface area contributed by atoms with E-state index in [1.807, 2.05) is 6.92 Å². The molecule has 5 heteroatoms. The molecule has 0 unspecified atom stereocenters. The highest BCUT2D eigenvalue weighted by molar-refractivity contribution is 5.85. The number of esters is 2. The van der Waals surface area contributed by atoms with Crippen LogP contribution in [-0.2, 0) is 19.1 Å². The van der Waals surface area contributed by atoms with Crippen molar-refractivity contribution in [2.24, 2.45) is 0 Å². The molecule has 0 bridgehead atoms. The van der Waals surface area contributed by atoms with E-state index in [-0.39, 0.29) is 12.8 Å². The Morgan fingerprint density at radius 2 is 1.33 bits per heavy atom. The quantitative estimate of drug-likeness (QED) is 0.370. The van der Waals surface area contributed by atoms with Gasteiger partial charge in [-0.25, -0.2) is 0 Å². The number of carbonyl (C=O) groups is 3. The predicted octanol–water partition coefficient (Wildman–Crippen LogP) is 2.67. The van der Waals surface area contributed by atoms with Gasteiger partial charge in [-0.2, -0.15) is 0 Å². The zero-order chi connectivity index (χ0) is 13.8. The Morgan fingerprint density at radius 3 is 1.83 bits per heavy atom. The second-order valence-corrected chi connectivity index (χ2v) is 4.26. The third-order valence-electron chi connectivity index (χ3n) is 2.48. The van der Waals surface area contributed by atoms with E-state index in [4.69, 9.17) is 5.11 Å². The summed E-state index contributed by atoms with van der Waals surface area (Å²) in [6.07, 6.45) is 5.08. The topological polar surface area (TPSA) is 80.7 Å². The molecule has 0 saturated carbocycles. The number of hydrogen-bond acceptors (Lipinski definition) is 4. The van der Waals surface area contributed by atoms with Crippen LogP contribution < -0.4 is 0 Å². The summed E-state index contributed by atoms with van der Waals surface area (Å²) in [6.45, 7) is 2.04. The molecule has 18 heavy (non-hydrogen) atoms. The third kappa shape index (κ3) is 11.1. The number of unbranched alkanes of at least 4 members (excludes halogenated alkanes) is 4. The fourth-order valence-electron chi connectivity index (χ4n) is 1.47. The van der Waals surface area contributed by atoms with Gasteiger partial charge < -0.3 is 9.84 Å². The lowest BCUT2D eigenvalue weighted by Gasteiger charge is -2.02. The smallest absolute Gasteiger partial charge is 0.313 e. The number of carboxylic acid groups (broad SMARTS) is 1. The first-order chi connectivity index (χ1) is 8.56. The molecule has 0 aromatic carbocycles. The summed E-state index contributed by atoms with van der Waals surface area (Å²) in [7, 11) is 0. The Balaban J connectivity index is 3.46. The van der Waals surface area contributed by atoms with Gasteiger partial charge in [0.05, 0.1) is 0 Å². The second kappa shape index (κ2) is 10.7. The summed E-state index contributed by atoms with van der Waals surface area (Å²) in [6, 6.07) is 0. The minimum absolute atomic E-state index is 0.116. The molecule has 104 valence electrons. The van der Waals surface area contributed by atoms with E-state index in [2.05, 4.69) is 4.74 Å². The molecular weight excluding hydrogens is 236 g/mol. The van der Waals surface area contributed by atoms with Gasteiger partial charge in [-0.15, -0.1) is 0 Å². The fraction of sp³-hybridized carbons (Fsp3) is 0.769. The summed E-state index contributed by atoms with van der Waals surface area (Å²) in [5, 5.41) is 8.41. The summed E-state index contributed by atoms with van der Waals surface area (Å²) >= 11 is 0. The van der Waals surface area contributed by atoms with Crippen LogP contribution in [0.25, 0.3) is 0 Å². The minimum atomic E-state index is -0.830. The van der Waals surface area contributed by atoms with E-state index in [9.17, 15) is 14.4 Å². The number of carbonyl (C=O) groups excluding carboxylic acids is 2. The van der Waals surface area contributed by atoms with Crippen molar-refractivity contribution in [2.75, 3.05) is 0 Å². The number of rotatable bonds is 10. The van der Waals surface area contributed by atoms with Crippen LogP contribution >= 0.6 is 0 Å². The zero-order valence-electron chi connectivity index (χ0n) is 10.9. The van der Waals surface area contributed by atoms with E-state index in [0.717, 1.165) is 19.3 Å². The van der Waals surface area contributed by atoms with Crippen molar-refractivity contribution in [1.29, 1.82) is 0 Å². The van der Waals surface area contributed by atoms with E-state index >= 15 is 0 Å². The van der Waals surface area contributed by atoms with Gasteiger partial charge in [0, 0.05) is 19.3 Å². The molecule has 0 rings (SSSR count). The highest BCUT2D eigenvalue weighted by Crippen LogP contribution is 2.06. The molecule has 0 aliphatic heterocycles. The zero-order valence-corrected chi connectivity index (χ0v) is 10.9. The Kier molecular flexibility index (Phi) is 9.91. The molecular formula is C13H22O5. The van der Waals surface area contributed by atoms with Gasteiger partial charge in [0.1, 0.15) is 0 Å². The Hall–Kier alpha value is -1.39. The van der Waals surface area contributed by atoms with Gasteiger partial charge >= 0.3 is 17.9 Å². The number of ether oxygens (including phenoxy) is 1. The molecule has 0 spiro atoms. The molecule has 0 aromatic rings. The Labute approximate surface area is 108 Å². The summed E-state index contributed by atoms with van der Waals surface area (Å²) in [5.74, 6) is -1.80. The highest BCUT2D eigenvalue weighted by atomic mass is 16.6. The van der Waals surface area contributed by atoms with Crippen LogP contribution in [0.4, 0.5) is 0 Å². The normalized spacial score (nSPS) is 10.1. The highest BCUT2D eigenvalue weighted by Gasteiger charge is 2.09. The van der Waals surface area contributed by atoms with Crippen LogP contribution in [0.1, 0.15) is 64.7 Å². The van der Waals surface area contributed by atoms with Crippen molar-refractivity contribution in [1.82, 2.24) is 0 Å². The fourth-order valence-corrected chi connectivity index (χ4v) is 1.47. The van der Waals surface area contributed by atoms with Gasteiger partial charge in [-0.1, -0.05) is 26.2 Å². The summed E-state index contributed by atoms with van der Waals surface area (Å²) in [5.41, 5.74) is 0. The first-order valence-corrected chi connectivity index (χ1v) is 6.51. The maximum atomic E-state index is 11.2. The van der Waals surface area contributed by atoms with Crippen LogP contribution in [0.2, 0.25) is 0 Å². The van der Waals surface area contributed by atoms with Gasteiger partial charge in [0.2, 0.25) is 0 Å². The molecule has 0 fully saturated rings. The van der Waals surface area contributed by atoms with Gasteiger partial charge in [-0.3, -0.25) is 14.4 Å². The number of carboxylic acids is 1. The third-order valence-corrected chi connectivity index (χ3v) is 2.48. The van der Waals surface area contributed by atoms with Crippen LogP contribution in [0.3, 0.4) is 0 Å². The monoisotopic (exact) mass is 258 g/mol. The lowest BCUT2D eigenvalue weighted by Crippen LogP contribution is -2.11. The van der Waals surface area contributed by atoms with E-state index < -0.39 is 17.9 Å². The maximum absolute atomic E-state index is 11.2. The average molecular weight is 258 g/mol. The average Bonchev–Trinajstić information content (AvgIpc) is 2.28. The lowest BCUT2D eigenvalue weighted by molar-refractivity contribution is -0.159. The summed E-state index contributed by atoms with van der Waals surface area (Å²) < 4.78 is 4.63. The second-order valence-electron chi connectivity index (χ2n) is 4.26. The Morgan fingerprint density at radius 1 is 0.833 bits per heavy atom. The molecule has 0 amide bonds. The molecule has 5 nitrogen and oxygen atoms in total. The van der Waals surface area contributed by atoms with Crippen LogP contribution in [0, 0.1) is 0 Å². The number of aliphatic carboxylic acids is 1. The molecule has 1 N–H and O–H groups in total. The van der Waals surface area contributed by atoms with Crippen molar-refractivity contribution in [3.05, 3.63) is 0 Å². The van der Waals surface area contributed by atoms with E-state index in [1.54, 1.807) is 0 Å². The van der Waals surface area contributed by atoms with Gasteiger partial charge in [-0.05, 0) is 19.3 Å². The molecule has 0 aromatic heterocycles. The number of hydrogen-bond donors (Lipinski definition) is 1. The summed E-state index contributed by atoms with van der Waals surface area (Å²) in [4.78, 5) is 32.6. The molecule has 0 aliphatic carbocycles. The van der Waals surface area contributed by atoms with Crippen LogP contribution in [-0.4, -0.2) is 23.0 Å². The molecule has 0 saturated heterocycles. The predicted molar refractivity (Wildman–Crippen MR) is 66.0 cm³/mol. The first-order valence-electron chi connectivity index (χ1n) is 6.51. The lowest BCUT2D eigenvalue weighted by atomic mass is 10.1. The van der Waals surface area contributed by atoms with E-state index in [1.165, 1.54) is 0 Å². The Bertz CT molecular complexity index is 273. The van der Waals surface area contributed by atoms with Crippen molar-refractivity contribution in [2.45, 2.75) is 64.7 Å². The first kappa shape index (κ1) is 16.6. The molecule has 0 aliphatic rings. The van der Waals surface area contributed by atoms with Gasteiger partial charge in [0.25, 0.3) is 0 Å². The van der Waals surface area contributed by atoms with Crippen molar-refractivity contribution >= 4 is 17.9 Å². The van der Waals surface area contributed by atoms with Gasteiger partial charge in [0.15, 0.2) is 0 Å². The SMILES string of the molecule is CCCCCC(=O)OC(=O)CCCCCC(=O)O. The van der Waals surface area contributed by atoms with Crippen molar-refractivity contribution in [3.63, 3.8) is 0 Å². The standard InChI is InChI=1S/C13H22O5/c1-2-3-5-9-12(16)18-13(17)10-7-4-6-8-11(14)15/h2-10H2,1H3,(H,14,15). The maximum Gasteiger partial charge on any atom is 0.313 e. The van der Waals surface area contributed by atoms with E-state index in [0.29, 0.717) is 25.7 Å². The van der Waals surface area contributed by atoms with Crippen LogP contribution in [0.5, 0.6) is 0 Å². The largest absolute Gasteiger partial charge is 0.481 e. The molecule has 0 heterocycles. The van der Waals surface area contributed by atoms with Crippen molar-refractivity contribution in [3.8, 4) is 0 Å². The van der Waals surface area contributed by atoms with Crippen LogP contribution in [0.15, 0.2) is 0 Å². The molecule has 0 atom stereocenters.